The van der Waals surface area contributed by atoms with Crippen molar-refractivity contribution in [3.63, 3.8) is 0 Å². The average Bonchev–Trinajstić information content (AvgIpc) is 2.70. The first-order valence-corrected chi connectivity index (χ1v) is 5.37. The molecule has 0 saturated carbocycles. The van der Waals surface area contributed by atoms with Gasteiger partial charge in [-0.15, -0.1) is 0 Å². The predicted octanol–water partition coefficient (Wildman–Crippen LogP) is 3.28. The molecule has 2 rings (SSSR count). The summed E-state index contributed by atoms with van der Waals surface area (Å²) >= 11 is 6.22. The van der Waals surface area contributed by atoms with Crippen LogP contribution in [0.2, 0.25) is 5.02 Å². The van der Waals surface area contributed by atoms with Crippen molar-refractivity contribution >= 4 is 17.3 Å². The summed E-state index contributed by atoms with van der Waals surface area (Å²) in [4.78, 5) is 2.27. The van der Waals surface area contributed by atoms with Crippen LogP contribution in [0.1, 0.15) is 12.5 Å². The first kappa shape index (κ1) is 9.60. The van der Waals surface area contributed by atoms with Crippen LogP contribution >= 0.6 is 11.6 Å². The lowest BCUT2D eigenvalue weighted by Crippen LogP contribution is -2.18. The molecular formula is C12H14ClN. The Morgan fingerprint density at radius 1 is 1.29 bits per heavy atom. The highest BCUT2D eigenvalue weighted by molar-refractivity contribution is 6.33. The predicted molar refractivity (Wildman–Crippen MR) is 62.2 cm³/mol. The van der Waals surface area contributed by atoms with Gasteiger partial charge in [0.15, 0.2) is 0 Å². The third-order valence-corrected chi connectivity index (χ3v) is 2.88. The largest absolute Gasteiger partial charge is 0.363 e. The Morgan fingerprint density at radius 2 is 2.00 bits per heavy atom. The maximum atomic E-state index is 6.22. The lowest BCUT2D eigenvalue weighted by atomic mass is 10.1. The molecule has 1 aliphatic heterocycles. The molecule has 0 aromatic heterocycles. The molecule has 0 atom stereocenters. The minimum atomic E-state index is 0.869. The van der Waals surface area contributed by atoms with Crippen LogP contribution in [-0.2, 0) is 6.42 Å². The lowest BCUT2D eigenvalue weighted by Gasteiger charge is -2.19. The molecule has 2 heteroatoms. The van der Waals surface area contributed by atoms with Crippen LogP contribution in [0.25, 0.3) is 0 Å². The maximum Gasteiger partial charge on any atom is 0.0642 e. The van der Waals surface area contributed by atoms with Crippen molar-refractivity contribution in [2.24, 2.45) is 0 Å². The van der Waals surface area contributed by atoms with Crippen molar-refractivity contribution in [1.29, 1.82) is 0 Å². The highest BCUT2D eigenvalue weighted by atomic mass is 35.5. The van der Waals surface area contributed by atoms with Crippen molar-refractivity contribution < 1.29 is 0 Å². The van der Waals surface area contributed by atoms with Gasteiger partial charge in [-0.3, -0.25) is 0 Å². The Hall–Kier alpha value is -0.950. The highest BCUT2D eigenvalue weighted by Gasteiger charge is 2.10. The van der Waals surface area contributed by atoms with Crippen molar-refractivity contribution in [1.82, 2.24) is 0 Å². The summed E-state index contributed by atoms with van der Waals surface area (Å²) in [7, 11) is 0. The standard InChI is InChI=1S/C12H14ClN/c1-2-10-5-6-12(11(13)9-10)14-7-3-4-8-14/h3-6,9H,2,7-8H2,1H3. The van der Waals surface area contributed by atoms with E-state index in [9.17, 15) is 0 Å². The number of hydrogen-bond donors (Lipinski definition) is 0. The molecule has 0 N–H and O–H groups in total. The molecule has 0 saturated heterocycles. The zero-order valence-electron chi connectivity index (χ0n) is 8.33. The number of anilines is 1. The smallest absolute Gasteiger partial charge is 0.0642 e. The first-order valence-electron chi connectivity index (χ1n) is 4.99. The maximum absolute atomic E-state index is 6.22. The second-order valence-electron chi connectivity index (χ2n) is 3.52. The van der Waals surface area contributed by atoms with Gasteiger partial charge in [-0.25, -0.2) is 0 Å². The Bertz CT molecular complexity index is 349. The van der Waals surface area contributed by atoms with Crippen LogP contribution in [0.3, 0.4) is 0 Å². The van der Waals surface area contributed by atoms with Gasteiger partial charge < -0.3 is 4.90 Å². The normalized spacial score (nSPS) is 15.1. The molecule has 0 fully saturated rings. The van der Waals surface area contributed by atoms with E-state index >= 15 is 0 Å². The number of aryl methyl sites for hydroxylation is 1. The molecule has 14 heavy (non-hydrogen) atoms. The number of nitrogens with zero attached hydrogens (tertiary/aromatic N) is 1. The summed E-state index contributed by atoms with van der Waals surface area (Å²) in [5.41, 5.74) is 2.44. The Balaban J connectivity index is 2.26. The Morgan fingerprint density at radius 3 is 2.57 bits per heavy atom. The average molecular weight is 208 g/mol. The van der Waals surface area contributed by atoms with Gasteiger partial charge in [0.2, 0.25) is 0 Å². The molecule has 74 valence electrons. The fourth-order valence-electron chi connectivity index (χ4n) is 1.70. The van der Waals surface area contributed by atoms with Crippen molar-refractivity contribution in [2.75, 3.05) is 18.0 Å². The third kappa shape index (κ3) is 1.78. The van der Waals surface area contributed by atoms with Crippen LogP contribution in [0, 0.1) is 0 Å². The quantitative estimate of drug-likeness (QED) is 0.673. The zero-order chi connectivity index (χ0) is 9.97. The minimum Gasteiger partial charge on any atom is -0.363 e. The van der Waals surface area contributed by atoms with Crippen LogP contribution < -0.4 is 4.90 Å². The van der Waals surface area contributed by atoms with Gasteiger partial charge in [0.1, 0.15) is 0 Å². The Kier molecular flexibility index (Phi) is 2.78. The van der Waals surface area contributed by atoms with Crippen LogP contribution in [0.15, 0.2) is 30.4 Å². The zero-order valence-corrected chi connectivity index (χ0v) is 9.09. The molecule has 0 bridgehead atoms. The molecule has 1 aromatic carbocycles. The molecule has 1 aliphatic rings. The van der Waals surface area contributed by atoms with Crippen LogP contribution in [0.4, 0.5) is 5.69 Å². The summed E-state index contributed by atoms with van der Waals surface area (Å²) in [6.07, 6.45) is 5.38. The van der Waals surface area contributed by atoms with Crippen LogP contribution in [0.5, 0.6) is 0 Å². The molecule has 0 amide bonds. The second-order valence-corrected chi connectivity index (χ2v) is 3.92. The van der Waals surface area contributed by atoms with Gasteiger partial charge >= 0.3 is 0 Å². The van der Waals surface area contributed by atoms with E-state index in [0.717, 1.165) is 30.2 Å². The number of hydrogen-bond acceptors (Lipinski definition) is 1. The Labute approximate surface area is 90.0 Å². The van der Waals surface area contributed by atoms with Crippen molar-refractivity contribution in [3.05, 3.63) is 40.9 Å². The fraction of sp³-hybridized carbons (Fsp3) is 0.333. The topological polar surface area (TPSA) is 3.24 Å². The SMILES string of the molecule is CCc1ccc(N2CC=CC2)c(Cl)c1. The summed E-state index contributed by atoms with van der Waals surface area (Å²) in [6.45, 7) is 4.10. The third-order valence-electron chi connectivity index (χ3n) is 2.58. The fourth-order valence-corrected chi connectivity index (χ4v) is 2.02. The van der Waals surface area contributed by atoms with Crippen molar-refractivity contribution in [2.45, 2.75) is 13.3 Å². The minimum absolute atomic E-state index is 0.869. The second kappa shape index (κ2) is 4.05. The van der Waals surface area contributed by atoms with Gasteiger partial charge in [0.25, 0.3) is 0 Å². The van der Waals surface area contributed by atoms with E-state index in [-0.39, 0.29) is 0 Å². The molecule has 0 spiro atoms. The molecule has 0 radical (unpaired) electrons. The van der Waals surface area contributed by atoms with E-state index in [4.69, 9.17) is 11.6 Å². The van der Waals surface area contributed by atoms with E-state index < -0.39 is 0 Å². The highest BCUT2D eigenvalue weighted by Crippen LogP contribution is 2.28. The lowest BCUT2D eigenvalue weighted by molar-refractivity contribution is 1.00. The number of halogens is 1. The molecular weight excluding hydrogens is 194 g/mol. The van der Waals surface area contributed by atoms with Crippen LogP contribution in [-0.4, -0.2) is 13.1 Å². The molecule has 0 unspecified atom stereocenters. The van der Waals surface area contributed by atoms with Gasteiger partial charge in [-0.05, 0) is 24.1 Å². The van der Waals surface area contributed by atoms with Gasteiger partial charge in [0.05, 0.1) is 10.7 Å². The van der Waals surface area contributed by atoms with E-state index in [2.05, 4.69) is 42.2 Å². The summed E-state index contributed by atoms with van der Waals surface area (Å²) in [5, 5.41) is 0.869. The number of rotatable bonds is 2. The van der Waals surface area contributed by atoms with Gasteiger partial charge in [0, 0.05) is 13.1 Å². The molecule has 1 heterocycles. The first-order chi connectivity index (χ1) is 6.81. The van der Waals surface area contributed by atoms with E-state index in [0.29, 0.717) is 0 Å². The monoisotopic (exact) mass is 207 g/mol. The van der Waals surface area contributed by atoms with Gasteiger partial charge in [-0.2, -0.15) is 0 Å². The van der Waals surface area contributed by atoms with Gasteiger partial charge in [-0.1, -0.05) is 36.7 Å². The van der Waals surface area contributed by atoms with E-state index in [1.165, 1.54) is 5.56 Å². The van der Waals surface area contributed by atoms with Crippen molar-refractivity contribution in [3.8, 4) is 0 Å². The molecule has 0 aliphatic carbocycles. The molecule has 1 aromatic rings. The van der Waals surface area contributed by atoms with E-state index in [1.54, 1.807) is 0 Å². The number of benzene rings is 1. The summed E-state index contributed by atoms with van der Waals surface area (Å²) in [5.74, 6) is 0. The summed E-state index contributed by atoms with van der Waals surface area (Å²) < 4.78 is 0. The molecule has 1 nitrogen and oxygen atoms in total. The van der Waals surface area contributed by atoms with E-state index in [1.807, 2.05) is 0 Å². The summed E-state index contributed by atoms with van der Waals surface area (Å²) in [6, 6.07) is 6.34.